The van der Waals surface area contributed by atoms with Gasteiger partial charge in [-0.15, -0.1) is 11.3 Å². The van der Waals surface area contributed by atoms with Crippen molar-refractivity contribution in [3.63, 3.8) is 0 Å². The van der Waals surface area contributed by atoms with Crippen molar-refractivity contribution in [2.75, 3.05) is 5.32 Å². The van der Waals surface area contributed by atoms with E-state index in [0.29, 0.717) is 15.6 Å². The molecule has 0 aliphatic rings. The van der Waals surface area contributed by atoms with E-state index in [0.717, 1.165) is 16.0 Å². The lowest BCUT2D eigenvalue weighted by molar-refractivity contribution is 0.103. The summed E-state index contributed by atoms with van der Waals surface area (Å²) >= 11 is 7.62. The number of hydrogen-bond acceptors (Lipinski definition) is 2. The van der Waals surface area contributed by atoms with Crippen LogP contribution in [0.3, 0.4) is 0 Å². The molecule has 0 bridgehead atoms. The van der Waals surface area contributed by atoms with Crippen molar-refractivity contribution in [1.82, 2.24) is 0 Å². The Labute approximate surface area is 138 Å². The van der Waals surface area contributed by atoms with Crippen molar-refractivity contribution < 1.29 is 4.79 Å². The van der Waals surface area contributed by atoms with Crippen molar-refractivity contribution in [1.29, 1.82) is 0 Å². The molecule has 1 heterocycles. The van der Waals surface area contributed by atoms with E-state index < -0.39 is 0 Å². The van der Waals surface area contributed by atoms with Crippen LogP contribution in [-0.4, -0.2) is 5.91 Å². The molecule has 0 atom stereocenters. The Morgan fingerprint density at radius 3 is 2.55 bits per heavy atom. The molecule has 0 saturated carbocycles. The third kappa shape index (κ3) is 3.21. The second kappa shape index (κ2) is 6.34. The molecule has 1 aromatic heterocycles. The molecule has 3 aromatic rings. The smallest absolute Gasteiger partial charge is 0.265 e. The first-order valence-corrected chi connectivity index (χ1v) is 8.06. The third-order valence-corrected chi connectivity index (χ3v) is 4.71. The number of carbonyl (C=O) groups excluding carboxylic acids is 1. The molecule has 3 rings (SSSR count). The molecule has 0 aliphatic carbocycles. The molecule has 2 aromatic carbocycles. The maximum Gasteiger partial charge on any atom is 0.265 e. The number of hydrogen-bond donors (Lipinski definition) is 1. The number of halogens is 1. The minimum absolute atomic E-state index is 0.141. The van der Waals surface area contributed by atoms with Gasteiger partial charge in [-0.05, 0) is 42.3 Å². The summed E-state index contributed by atoms with van der Waals surface area (Å²) in [5.74, 6) is -0.141. The van der Waals surface area contributed by atoms with Crippen LogP contribution in [0.15, 0.2) is 60.7 Å². The van der Waals surface area contributed by atoms with Gasteiger partial charge in [0.2, 0.25) is 0 Å². The molecule has 4 heteroatoms. The van der Waals surface area contributed by atoms with Crippen LogP contribution in [0, 0.1) is 6.92 Å². The minimum atomic E-state index is -0.141. The molecule has 22 heavy (non-hydrogen) atoms. The number of amides is 1. The van der Waals surface area contributed by atoms with E-state index in [1.54, 1.807) is 0 Å². The van der Waals surface area contributed by atoms with Gasteiger partial charge in [-0.1, -0.05) is 48.0 Å². The fraction of sp³-hybridized carbons (Fsp3) is 0.0556. The van der Waals surface area contributed by atoms with E-state index in [2.05, 4.69) is 5.32 Å². The largest absolute Gasteiger partial charge is 0.320 e. The zero-order valence-corrected chi connectivity index (χ0v) is 13.5. The Morgan fingerprint density at radius 1 is 1.05 bits per heavy atom. The van der Waals surface area contributed by atoms with Crippen LogP contribution in [0.25, 0.3) is 10.4 Å². The Morgan fingerprint density at radius 2 is 1.82 bits per heavy atom. The van der Waals surface area contributed by atoms with Gasteiger partial charge in [0.15, 0.2) is 0 Å². The normalized spacial score (nSPS) is 10.5. The van der Waals surface area contributed by atoms with Gasteiger partial charge in [-0.25, -0.2) is 0 Å². The second-order valence-corrected chi connectivity index (χ2v) is 6.46. The molecule has 0 spiro atoms. The van der Waals surface area contributed by atoms with Crippen LogP contribution < -0.4 is 5.32 Å². The molecule has 0 unspecified atom stereocenters. The zero-order valence-electron chi connectivity index (χ0n) is 12.0. The number of nitrogens with one attached hydrogen (secondary N) is 1. The average molecular weight is 328 g/mol. The SMILES string of the molecule is Cc1ccc(NC(=O)c2ccc(-c3ccccc3)s2)c(Cl)c1. The Bertz CT molecular complexity index is 811. The quantitative estimate of drug-likeness (QED) is 0.663. The topological polar surface area (TPSA) is 29.1 Å². The lowest BCUT2D eigenvalue weighted by atomic mass is 10.2. The van der Waals surface area contributed by atoms with E-state index in [1.807, 2.05) is 67.6 Å². The summed E-state index contributed by atoms with van der Waals surface area (Å²) in [5.41, 5.74) is 2.80. The molecule has 1 amide bonds. The minimum Gasteiger partial charge on any atom is -0.320 e. The summed E-state index contributed by atoms with van der Waals surface area (Å²) in [6.07, 6.45) is 0. The number of aryl methyl sites for hydroxylation is 1. The van der Waals surface area contributed by atoms with Crippen molar-refractivity contribution in [3.8, 4) is 10.4 Å². The van der Waals surface area contributed by atoms with Crippen molar-refractivity contribution >= 4 is 34.5 Å². The zero-order chi connectivity index (χ0) is 15.5. The molecule has 0 aliphatic heterocycles. The first kappa shape index (κ1) is 14.8. The highest BCUT2D eigenvalue weighted by molar-refractivity contribution is 7.17. The maximum atomic E-state index is 12.3. The summed E-state index contributed by atoms with van der Waals surface area (Å²) < 4.78 is 0. The van der Waals surface area contributed by atoms with Gasteiger partial charge in [0.05, 0.1) is 15.6 Å². The van der Waals surface area contributed by atoms with E-state index in [4.69, 9.17) is 11.6 Å². The third-order valence-electron chi connectivity index (χ3n) is 3.26. The van der Waals surface area contributed by atoms with Gasteiger partial charge in [0.1, 0.15) is 0 Å². The van der Waals surface area contributed by atoms with Crippen LogP contribution in [0.2, 0.25) is 5.02 Å². The number of carbonyl (C=O) groups is 1. The van der Waals surface area contributed by atoms with E-state index in [9.17, 15) is 4.79 Å². The van der Waals surface area contributed by atoms with Crippen LogP contribution in [0.1, 0.15) is 15.2 Å². The van der Waals surface area contributed by atoms with Gasteiger partial charge in [-0.2, -0.15) is 0 Å². The standard InChI is InChI=1S/C18H14ClNOS/c1-12-7-8-15(14(19)11-12)20-18(21)17-10-9-16(22-17)13-5-3-2-4-6-13/h2-11H,1H3,(H,20,21). The number of anilines is 1. The fourth-order valence-corrected chi connectivity index (χ4v) is 3.31. The van der Waals surface area contributed by atoms with Crippen LogP contribution >= 0.6 is 22.9 Å². The molecule has 0 fully saturated rings. The highest BCUT2D eigenvalue weighted by Gasteiger charge is 2.12. The van der Waals surface area contributed by atoms with Gasteiger partial charge in [0.25, 0.3) is 5.91 Å². The Hall–Kier alpha value is -2.10. The Balaban J connectivity index is 1.80. The van der Waals surface area contributed by atoms with E-state index >= 15 is 0 Å². The second-order valence-electron chi connectivity index (χ2n) is 4.97. The van der Waals surface area contributed by atoms with Gasteiger partial charge < -0.3 is 5.32 Å². The molecular formula is C18H14ClNOS. The van der Waals surface area contributed by atoms with E-state index in [-0.39, 0.29) is 5.91 Å². The van der Waals surface area contributed by atoms with Crippen molar-refractivity contribution in [3.05, 3.63) is 76.1 Å². The lowest BCUT2D eigenvalue weighted by Crippen LogP contribution is -2.10. The predicted molar refractivity (Wildman–Crippen MR) is 93.9 cm³/mol. The molecule has 1 N–H and O–H groups in total. The number of benzene rings is 2. The summed E-state index contributed by atoms with van der Waals surface area (Å²) in [6.45, 7) is 1.96. The summed E-state index contributed by atoms with van der Waals surface area (Å²) in [4.78, 5) is 14.1. The lowest BCUT2D eigenvalue weighted by Gasteiger charge is -2.06. The first-order valence-electron chi connectivity index (χ1n) is 6.86. The maximum absolute atomic E-state index is 12.3. The molecule has 110 valence electrons. The molecule has 2 nitrogen and oxygen atoms in total. The summed E-state index contributed by atoms with van der Waals surface area (Å²) in [7, 11) is 0. The van der Waals surface area contributed by atoms with Crippen molar-refractivity contribution in [2.45, 2.75) is 6.92 Å². The number of thiophene rings is 1. The van der Waals surface area contributed by atoms with Crippen molar-refractivity contribution in [2.24, 2.45) is 0 Å². The Kier molecular flexibility index (Phi) is 4.27. The average Bonchev–Trinajstić information content (AvgIpc) is 3.01. The van der Waals surface area contributed by atoms with Crippen LogP contribution in [-0.2, 0) is 0 Å². The van der Waals surface area contributed by atoms with Gasteiger partial charge in [-0.3, -0.25) is 4.79 Å². The highest BCUT2D eigenvalue weighted by atomic mass is 35.5. The number of rotatable bonds is 3. The van der Waals surface area contributed by atoms with Gasteiger partial charge >= 0.3 is 0 Å². The molecular weight excluding hydrogens is 314 g/mol. The summed E-state index contributed by atoms with van der Waals surface area (Å²) in [5, 5.41) is 3.41. The van der Waals surface area contributed by atoms with Gasteiger partial charge in [0, 0.05) is 4.88 Å². The molecule has 0 saturated heterocycles. The van der Waals surface area contributed by atoms with Crippen LogP contribution in [0.5, 0.6) is 0 Å². The predicted octanol–water partition coefficient (Wildman–Crippen LogP) is 5.63. The monoisotopic (exact) mass is 327 g/mol. The highest BCUT2D eigenvalue weighted by Crippen LogP contribution is 2.29. The summed E-state index contributed by atoms with van der Waals surface area (Å²) in [6, 6.07) is 19.4. The molecule has 0 radical (unpaired) electrons. The van der Waals surface area contributed by atoms with E-state index in [1.165, 1.54) is 11.3 Å². The van der Waals surface area contributed by atoms with Crippen LogP contribution in [0.4, 0.5) is 5.69 Å². The fourth-order valence-electron chi connectivity index (χ4n) is 2.12. The first-order chi connectivity index (χ1) is 10.6.